The van der Waals surface area contributed by atoms with Crippen molar-refractivity contribution in [3.63, 3.8) is 0 Å². The Balaban J connectivity index is 1.51. The molecule has 0 unspecified atom stereocenters. The Kier molecular flexibility index (Phi) is 6.23. The lowest BCUT2D eigenvalue weighted by Crippen LogP contribution is -2.15. The Morgan fingerprint density at radius 2 is 1.46 bits per heavy atom. The summed E-state index contributed by atoms with van der Waals surface area (Å²) in [5, 5.41) is 2.67. The van der Waals surface area contributed by atoms with Crippen molar-refractivity contribution in [2.75, 3.05) is 4.90 Å². The number of benzene rings is 5. The summed E-state index contributed by atoms with van der Waals surface area (Å²) in [4.78, 5) is 2.34. The van der Waals surface area contributed by atoms with E-state index in [1.807, 2.05) is 0 Å². The molecular formula is C38H35N. The minimum Gasteiger partial charge on any atom is -0.311 e. The zero-order valence-electron chi connectivity index (χ0n) is 23.5. The SMILES string of the molecule is C/C=C\C(=C/C)N(c1ccccc1)c1cc(C)cc(-c2ccc3c(c2)-c2ccc4ccccc4c2C3(C)C)c1. The van der Waals surface area contributed by atoms with Gasteiger partial charge >= 0.3 is 0 Å². The van der Waals surface area contributed by atoms with Gasteiger partial charge in [-0.25, -0.2) is 0 Å². The van der Waals surface area contributed by atoms with Crippen molar-refractivity contribution in [3.8, 4) is 22.3 Å². The van der Waals surface area contributed by atoms with Crippen LogP contribution in [0.15, 0.2) is 127 Å². The summed E-state index contributed by atoms with van der Waals surface area (Å²) in [5.41, 5.74) is 12.7. The zero-order valence-corrected chi connectivity index (χ0v) is 23.5. The van der Waals surface area contributed by atoms with Crippen LogP contribution in [0.25, 0.3) is 33.0 Å². The van der Waals surface area contributed by atoms with Crippen molar-refractivity contribution in [1.29, 1.82) is 0 Å². The first kappa shape index (κ1) is 24.9. The first-order chi connectivity index (χ1) is 18.9. The van der Waals surface area contributed by atoms with Gasteiger partial charge < -0.3 is 4.90 Å². The molecule has 0 bridgehead atoms. The van der Waals surface area contributed by atoms with E-state index in [0.717, 1.165) is 17.1 Å². The van der Waals surface area contributed by atoms with Crippen molar-refractivity contribution in [2.24, 2.45) is 0 Å². The van der Waals surface area contributed by atoms with Gasteiger partial charge in [-0.3, -0.25) is 0 Å². The number of anilines is 2. The fourth-order valence-corrected chi connectivity index (χ4v) is 6.35. The van der Waals surface area contributed by atoms with Gasteiger partial charge in [0, 0.05) is 22.5 Å². The standard InChI is InChI=1S/C38H35N/c1-6-13-30(7-2)39(31-15-9-8-10-16-31)32-23-26(3)22-29(24-32)28-19-21-36-35(25-28)34-20-18-27-14-11-12-17-33(27)37(34)38(36,4)5/h6-25H,1-5H3/b13-6-,30-7+. The average Bonchev–Trinajstić information content (AvgIpc) is 3.19. The molecule has 1 aliphatic rings. The fourth-order valence-electron chi connectivity index (χ4n) is 6.35. The van der Waals surface area contributed by atoms with Crippen LogP contribution in [0.2, 0.25) is 0 Å². The lowest BCUT2D eigenvalue weighted by atomic mass is 9.80. The molecule has 0 N–H and O–H groups in total. The Labute approximate surface area is 232 Å². The quantitative estimate of drug-likeness (QED) is 0.215. The van der Waals surface area contributed by atoms with E-state index >= 15 is 0 Å². The van der Waals surface area contributed by atoms with Gasteiger partial charge in [0.05, 0.1) is 0 Å². The molecule has 0 aliphatic heterocycles. The van der Waals surface area contributed by atoms with E-state index in [2.05, 4.69) is 161 Å². The van der Waals surface area contributed by atoms with E-state index in [0.29, 0.717) is 0 Å². The molecule has 0 saturated carbocycles. The molecule has 0 radical (unpaired) electrons. The molecule has 5 aromatic carbocycles. The molecule has 0 fully saturated rings. The molecule has 1 nitrogen and oxygen atoms in total. The van der Waals surface area contributed by atoms with Gasteiger partial charge in [0.25, 0.3) is 0 Å². The number of fused-ring (bicyclic) bond motifs is 5. The molecule has 39 heavy (non-hydrogen) atoms. The lowest BCUT2D eigenvalue weighted by Gasteiger charge is -2.27. The Bertz CT molecular complexity index is 1750. The molecule has 0 amide bonds. The highest BCUT2D eigenvalue weighted by Gasteiger charge is 2.36. The highest BCUT2D eigenvalue weighted by atomic mass is 15.1. The minimum absolute atomic E-state index is 0.0424. The average molecular weight is 506 g/mol. The minimum atomic E-state index is -0.0424. The van der Waals surface area contributed by atoms with E-state index in [9.17, 15) is 0 Å². The molecule has 1 heteroatoms. The summed E-state index contributed by atoms with van der Waals surface area (Å²) in [5.74, 6) is 0. The van der Waals surface area contributed by atoms with Crippen molar-refractivity contribution in [1.82, 2.24) is 0 Å². The second-order valence-corrected chi connectivity index (χ2v) is 11.0. The monoisotopic (exact) mass is 505 g/mol. The summed E-state index contributed by atoms with van der Waals surface area (Å²) >= 11 is 0. The number of para-hydroxylation sites is 1. The summed E-state index contributed by atoms with van der Waals surface area (Å²) in [6.45, 7) is 11.1. The normalized spacial score (nSPS) is 14.0. The Morgan fingerprint density at radius 1 is 0.692 bits per heavy atom. The maximum absolute atomic E-state index is 2.41. The van der Waals surface area contributed by atoms with Gasteiger partial charge in [-0.1, -0.05) is 98.8 Å². The highest BCUT2D eigenvalue weighted by molar-refractivity contribution is 5.98. The molecule has 0 atom stereocenters. The number of nitrogens with zero attached hydrogens (tertiary/aromatic N) is 1. The van der Waals surface area contributed by atoms with Crippen molar-refractivity contribution < 1.29 is 0 Å². The molecule has 1 aliphatic carbocycles. The first-order valence-electron chi connectivity index (χ1n) is 13.9. The Hall–Kier alpha value is -4.36. The largest absolute Gasteiger partial charge is 0.311 e. The number of aryl methyl sites for hydroxylation is 1. The highest BCUT2D eigenvalue weighted by Crippen LogP contribution is 2.52. The van der Waals surface area contributed by atoms with Crippen molar-refractivity contribution in [3.05, 3.63) is 144 Å². The second kappa shape index (κ2) is 9.75. The first-order valence-corrected chi connectivity index (χ1v) is 13.9. The van der Waals surface area contributed by atoms with E-state index < -0.39 is 0 Å². The van der Waals surface area contributed by atoms with Gasteiger partial charge in [0.2, 0.25) is 0 Å². The van der Waals surface area contributed by atoms with Crippen LogP contribution in [0, 0.1) is 6.92 Å². The summed E-state index contributed by atoms with van der Waals surface area (Å²) in [6.07, 6.45) is 6.45. The van der Waals surface area contributed by atoms with Crippen LogP contribution < -0.4 is 4.90 Å². The van der Waals surface area contributed by atoms with Crippen molar-refractivity contribution in [2.45, 2.75) is 40.0 Å². The fraction of sp³-hybridized carbons (Fsp3) is 0.158. The van der Waals surface area contributed by atoms with E-state index in [1.165, 1.54) is 49.7 Å². The van der Waals surface area contributed by atoms with Crippen molar-refractivity contribution >= 4 is 22.1 Å². The summed E-state index contributed by atoms with van der Waals surface area (Å²) < 4.78 is 0. The third-order valence-electron chi connectivity index (χ3n) is 8.10. The molecule has 192 valence electrons. The topological polar surface area (TPSA) is 3.24 Å². The number of rotatable bonds is 5. The van der Waals surface area contributed by atoms with Gasteiger partial charge in [-0.2, -0.15) is 0 Å². The summed E-state index contributed by atoms with van der Waals surface area (Å²) in [7, 11) is 0. The van der Waals surface area contributed by atoms with Crippen LogP contribution >= 0.6 is 0 Å². The van der Waals surface area contributed by atoms with Crippen LogP contribution in [0.1, 0.15) is 44.4 Å². The molecule has 6 rings (SSSR count). The van der Waals surface area contributed by atoms with Gasteiger partial charge in [-0.05, 0) is 107 Å². The van der Waals surface area contributed by atoms with Crippen LogP contribution in [-0.4, -0.2) is 0 Å². The molecule has 0 spiro atoms. The van der Waals surface area contributed by atoms with Crippen LogP contribution in [0.5, 0.6) is 0 Å². The van der Waals surface area contributed by atoms with Gasteiger partial charge in [0.1, 0.15) is 0 Å². The maximum atomic E-state index is 2.41. The molecule has 5 aromatic rings. The van der Waals surface area contributed by atoms with Gasteiger partial charge in [-0.15, -0.1) is 0 Å². The number of hydrogen-bond donors (Lipinski definition) is 0. The molecule has 0 saturated heterocycles. The van der Waals surface area contributed by atoms with E-state index in [1.54, 1.807) is 0 Å². The zero-order chi connectivity index (χ0) is 27.1. The molecule has 0 heterocycles. The van der Waals surface area contributed by atoms with Crippen LogP contribution in [-0.2, 0) is 5.41 Å². The predicted octanol–water partition coefficient (Wildman–Crippen LogP) is 10.7. The van der Waals surface area contributed by atoms with Crippen LogP contribution in [0.3, 0.4) is 0 Å². The van der Waals surface area contributed by atoms with Crippen LogP contribution in [0.4, 0.5) is 11.4 Å². The second-order valence-electron chi connectivity index (χ2n) is 11.0. The van der Waals surface area contributed by atoms with E-state index in [4.69, 9.17) is 0 Å². The molecule has 0 aromatic heterocycles. The lowest BCUT2D eigenvalue weighted by molar-refractivity contribution is 0.666. The molecular weight excluding hydrogens is 470 g/mol. The Morgan fingerprint density at radius 3 is 2.23 bits per heavy atom. The van der Waals surface area contributed by atoms with E-state index in [-0.39, 0.29) is 5.41 Å². The number of allylic oxidation sites excluding steroid dienone is 3. The number of hydrogen-bond acceptors (Lipinski definition) is 1. The van der Waals surface area contributed by atoms with Gasteiger partial charge in [0.15, 0.2) is 0 Å². The third kappa shape index (κ3) is 4.19. The smallest absolute Gasteiger partial charge is 0.0470 e. The third-order valence-corrected chi connectivity index (χ3v) is 8.10. The predicted molar refractivity (Wildman–Crippen MR) is 169 cm³/mol. The maximum Gasteiger partial charge on any atom is 0.0470 e. The summed E-state index contributed by atoms with van der Waals surface area (Å²) in [6, 6.07) is 38.0.